The zero-order valence-electron chi connectivity index (χ0n) is 23.7. The standard InChI is InChI=1S/C27H27ClF4N2O8S2/c1-15-25(16(2)42-33-15)43(36,37)10-9-18-14-34(44(38,39)19-6-7-21(29)20(28)13-19)22-11-17(5-8-23(22)40-18)12-24(35)41-26(3,4)27(30,31)32/h5-8,11,13,18H,9-10,12,14H2,1-4H3/t18-/m0/s1. The largest absolute Gasteiger partial charge is 0.486 e. The van der Waals surface area contributed by atoms with Crippen LogP contribution in [0, 0.1) is 19.7 Å². The third-order valence-corrected chi connectivity index (χ3v) is 10.9. The highest BCUT2D eigenvalue weighted by molar-refractivity contribution is 7.93. The highest BCUT2D eigenvalue weighted by Crippen LogP contribution is 2.40. The molecular weight excluding hydrogens is 656 g/mol. The molecule has 17 heteroatoms. The molecule has 4 rings (SSSR count). The molecule has 0 bridgehead atoms. The first kappa shape index (κ1) is 33.5. The van der Waals surface area contributed by atoms with E-state index < -0.39 is 78.2 Å². The molecule has 3 aromatic rings. The van der Waals surface area contributed by atoms with Crippen LogP contribution in [-0.4, -0.2) is 58.1 Å². The van der Waals surface area contributed by atoms with Crippen molar-refractivity contribution in [2.24, 2.45) is 0 Å². The summed E-state index contributed by atoms with van der Waals surface area (Å²) in [6, 6.07) is 6.63. The first-order valence-corrected chi connectivity index (χ1v) is 16.4. The molecule has 2 aromatic carbocycles. The van der Waals surface area contributed by atoms with Gasteiger partial charge in [0.1, 0.15) is 22.6 Å². The SMILES string of the molecule is Cc1noc(C)c1S(=O)(=O)CC[C@H]1CN(S(=O)(=O)c2ccc(F)c(Cl)c2)c2cc(CC(=O)OC(C)(C)C(F)(F)F)ccc2O1. The molecule has 0 N–H and O–H groups in total. The molecule has 2 heterocycles. The fourth-order valence-corrected chi connectivity index (χ4v) is 7.97. The molecule has 0 amide bonds. The Bertz CT molecular complexity index is 1790. The molecule has 0 saturated heterocycles. The van der Waals surface area contributed by atoms with Crippen molar-refractivity contribution < 1.29 is 53.2 Å². The van der Waals surface area contributed by atoms with Crippen LogP contribution in [0.25, 0.3) is 0 Å². The summed E-state index contributed by atoms with van der Waals surface area (Å²) in [4.78, 5) is 11.9. The van der Waals surface area contributed by atoms with Gasteiger partial charge in [0, 0.05) is 6.42 Å². The van der Waals surface area contributed by atoms with Gasteiger partial charge < -0.3 is 14.0 Å². The van der Waals surface area contributed by atoms with Crippen LogP contribution in [0.3, 0.4) is 0 Å². The number of ether oxygens (including phenoxy) is 2. The van der Waals surface area contributed by atoms with E-state index in [1.807, 2.05) is 0 Å². The summed E-state index contributed by atoms with van der Waals surface area (Å²) in [6.45, 7) is 3.90. The van der Waals surface area contributed by atoms with Gasteiger partial charge in [-0.1, -0.05) is 22.8 Å². The minimum Gasteiger partial charge on any atom is -0.486 e. The number of fused-ring (bicyclic) bond motifs is 1. The summed E-state index contributed by atoms with van der Waals surface area (Å²) >= 11 is 5.84. The minimum absolute atomic E-state index is 0.0134. The molecule has 1 aliphatic heterocycles. The van der Waals surface area contributed by atoms with Gasteiger partial charge in [0.15, 0.2) is 15.6 Å². The van der Waals surface area contributed by atoms with Crippen molar-refractivity contribution in [3.05, 3.63) is 64.3 Å². The number of hydrogen-bond donors (Lipinski definition) is 0. The molecule has 1 atom stereocenters. The second kappa shape index (κ2) is 11.9. The van der Waals surface area contributed by atoms with Crippen LogP contribution in [0.1, 0.15) is 37.3 Å². The number of hydrogen-bond acceptors (Lipinski definition) is 9. The second-order valence-corrected chi connectivity index (χ2v) is 14.9. The third-order valence-electron chi connectivity index (χ3n) is 6.82. The number of alkyl halides is 3. The van der Waals surface area contributed by atoms with Crippen molar-refractivity contribution in [2.75, 3.05) is 16.6 Å². The van der Waals surface area contributed by atoms with E-state index in [-0.39, 0.29) is 39.8 Å². The van der Waals surface area contributed by atoms with Crippen LogP contribution in [-0.2, 0) is 35.8 Å². The van der Waals surface area contributed by atoms with Crippen molar-refractivity contribution in [1.82, 2.24) is 5.16 Å². The number of aryl methyl sites for hydroxylation is 2. The van der Waals surface area contributed by atoms with Crippen molar-refractivity contribution in [2.45, 2.75) is 68.2 Å². The van der Waals surface area contributed by atoms with E-state index in [4.69, 9.17) is 20.9 Å². The van der Waals surface area contributed by atoms with Gasteiger partial charge in [-0.15, -0.1) is 0 Å². The summed E-state index contributed by atoms with van der Waals surface area (Å²) in [5.41, 5.74) is -2.59. The first-order chi connectivity index (χ1) is 20.2. The fraction of sp³-hybridized carbons (Fsp3) is 0.407. The van der Waals surface area contributed by atoms with Crippen molar-refractivity contribution >= 4 is 43.1 Å². The Kier molecular flexibility index (Phi) is 9.03. The number of aromatic nitrogens is 1. The summed E-state index contributed by atoms with van der Waals surface area (Å²) in [7, 11) is -8.40. The Morgan fingerprint density at radius 2 is 1.80 bits per heavy atom. The van der Waals surface area contributed by atoms with Crippen LogP contribution in [0.5, 0.6) is 5.75 Å². The zero-order chi connectivity index (χ0) is 32.8. The van der Waals surface area contributed by atoms with E-state index in [0.717, 1.165) is 22.5 Å². The Morgan fingerprint density at radius 3 is 2.39 bits per heavy atom. The molecule has 44 heavy (non-hydrogen) atoms. The first-order valence-electron chi connectivity index (χ1n) is 12.9. The molecule has 1 aromatic heterocycles. The molecule has 0 fully saturated rings. The average Bonchev–Trinajstić information content (AvgIpc) is 3.26. The maximum atomic E-state index is 13.8. The molecule has 0 saturated carbocycles. The van der Waals surface area contributed by atoms with E-state index in [1.54, 1.807) is 0 Å². The maximum absolute atomic E-state index is 13.8. The van der Waals surface area contributed by atoms with Gasteiger partial charge in [-0.05, 0) is 63.6 Å². The molecule has 1 aliphatic rings. The number of benzene rings is 2. The van der Waals surface area contributed by atoms with Crippen molar-refractivity contribution in [3.8, 4) is 5.75 Å². The lowest BCUT2D eigenvalue weighted by Gasteiger charge is -2.36. The molecule has 0 spiro atoms. The summed E-state index contributed by atoms with van der Waals surface area (Å²) in [6.07, 6.45) is -6.63. The quantitative estimate of drug-likeness (QED) is 0.217. The average molecular weight is 683 g/mol. The molecular formula is C27H27ClF4N2O8S2. The molecule has 0 aliphatic carbocycles. The molecule has 240 valence electrons. The molecule has 0 unspecified atom stereocenters. The number of halogens is 5. The van der Waals surface area contributed by atoms with Gasteiger partial charge >= 0.3 is 12.1 Å². The number of esters is 1. The van der Waals surface area contributed by atoms with Gasteiger partial charge in [-0.3, -0.25) is 9.10 Å². The van der Waals surface area contributed by atoms with E-state index >= 15 is 0 Å². The summed E-state index contributed by atoms with van der Waals surface area (Å²) < 4.78 is 124. The van der Waals surface area contributed by atoms with Gasteiger partial charge in [0.05, 0.1) is 40.0 Å². The number of sulfonamides is 1. The van der Waals surface area contributed by atoms with Gasteiger partial charge in [0.2, 0.25) is 5.60 Å². The highest BCUT2D eigenvalue weighted by Gasteiger charge is 2.50. The lowest BCUT2D eigenvalue weighted by molar-refractivity contribution is -0.257. The smallest absolute Gasteiger partial charge is 0.427 e. The summed E-state index contributed by atoms with van der Waals surface area (Å²) in [5, 5.41) is 3.19. The van der Waals surface area contributed by atoms with Crippen LogP contribution < -0.4 is 9.04 Å². The van der Waals surface area contributed by atoms with E-state index in [1.165, 1.54) is 32.0 Å². The predicted molar refractivity (Wildman–Crippen MR) is 149 cm³/mol. The number of carbonyl (C=O) groups excluding carboxylic acids is 1. The lowest BCUT2D eigenvalue weighted by atomic mass is 10.1. The lowest BCUT2D eigenvalue weighted by Crippen LogP contribution is -2.44. The van der Waals surface area contributed by atoms with Crippen molar-refractivity contribution in [3.63, 3.8) is 0 Å². The zero-order valence-corrected chi connectivity index (χ0v) is 26.1. The fourth-order valence-electron chi connectivity index (χ4n) is 4.46. The van der Waals surface area contributed by atoms with Crippen LogP contribution >= 0.6 is 11.6 Å². The number of nitrogens with zero attached hydrogens (tertiary/aromatic N) is 2. The number of sulfone groups is 1. The predicted octanol–water partition coefficient (Wildman–Crippen LogP) is 5.33. The Labute approximate surface area is 255 Å². The molecule has 0 radical (unpaired) electrons. The summed E-state index contributed by atoms with van der Waals surface area (Å²) in [5.74, 6) is -2.45. The Hall–Kier alpha value is -3.37. The number of rotatable bonds is 9. The Morgan fingerprint density at radius 1 is 1.11 bits per heavy atom. The van der Waals surface area contributed by atoms with Gasteiger partial charge in [0.25, 0.3) is 10.0 Å². The van der Waals surface area contributed by atoms with Crippen molar-refractivity contribution in [1.29, 1.82) is 0 Å². The monoisotopic (exact) mass is 682 g/mol. The van der Waals surface area contributed by atoms with Crippen LogP contribution in [0.2, 0.25) is 5.02 Å². The molecule has 10 nitrogen and oxygen atoms in total. The third kappa shape index (κ3) is 6.81. The van der Waals surface area contributed by atoms with E-state index in [0.29, 0.717) is 13.8 Å². The van der Waals surface area contributed by atoms with Gasteiger partial charge in [-0.25, -0.2) is 21.2 Å². The Balaban J connectivity index is 1.67. The van der Waals surface area contributed by atoms with Crippen LogP contribution in [0.15, 0.2) is 50.7 Å². The van der Waals surface area contributed by atoms with Gasteiger partial charge in [-0.2, -0.15) is 13.2 Å². The highest BCUT2D eigenvalue weighted by atomic mass is 35.5. The minimum atomic E-state index is -4.83. The van der Waals surface area contributed by atoms with E-state index in [9.17, 15) is 39.2 Å². The van der Waals surface area contributed by atoms with Crippen LogP contribution in [0.4, 0.5) is 23.2 Å². The number of carbonyl (C=O) groups is 1. The normalized spacial score (nSPS) is 15.9. The van der Waals surface area contributed by atoms with E-state index in [2.05, 4.69) is 9.89 Å². The topological polar surface area (TPSA) is 133 Å². The number of anilines is 1. The second-order valence-electron chi connectivity index (χ2n) is 10.6. The maximum Gasteiger partial charge on any atom is 0.427 e.